The van der Waals surface area contributed by atoms with Gasteiger partial charge in [-0.2, -0.15) is 0 Å². The van der Waals surface area contributed by atoms with Crippen molar-refractivity contribution >= 4 is 17.1 Å². The molecule has 2 rings (SSSR count). The molecule has 2 aromatic rings. The lowest BCUT2D eigenvalue weighted by atomic mass is 9.93. The van der Waals surface area contributed by atoms with Gasteiger partial charge in [0.2, 0.25) is 0 Å². The Kier molecular flexibility index (Phi) is 2.34. The largest absolute Gasteiger partial charge is 0.465 e. The van der Waals surface area contributed by atoms with Crippen LogP contribution in [0.25, 0.3) is 11.0 Å². The first-order valence-corrected chi connectivity index (χ1v) is 4.98. The average molecular weight is 219 g/mol. The van der Waals surface area contributed by atoms with E-state index in [1.807, 2.05) is 24.3 Å². The van der Waals surface area contributed by atoms with Gasteiger partial charge in [-0.25, -0.2) is 4.79 Å². The Bertz CT molecular complexity index is 528. The normalized spacial score (nSPS) is 11.6. The van der Waals surface area contributed by atoms with Crippen LogP contribution in [0.5, 0.6) is 0 Å². The Labute approximate surface area is 92.9 Å². The van der Waals surface area contributed by atoms with Crippen LogP contribution in [0.15, 0.2) is 34.9 Å². The van der Waals surface area contributed by atoms with Crippen molar-refractivity contribution in [3.8, 4) is 0 Å². The number of benzene rings is 1. The van der Waals surface area contributed by atoms with E-state index in [2.05, 4.69) is 5.32 Å². The van der Waals surface area contributed by atoms with Crippen LogP contribution in [-0.2, 0) is 5.54 Å². The molecule has 0 bridgehead atoms. The fourth-order valence-electron chi connectivity index (χ4n) is 1.82. The summed E-state index contributed by atoms with van der Waals surface area (Å²) in [5, 5.41) is 12.2. The first-order valence-electron chi connectivity index (χ1n) is 4.98. The number of carbonyl (C=O) groups is 1. The summed E-state index contributed by atoms with van der Waals surface area (Å²) < 4.78 is 5.38. The van der Waals surface area contributed by atoms with Gasteiger partial charge in [0.05, 0.1) is 11.8 Å². The summed E-state index contributed by atoms with van der Waals surface area (Å²) in [7, 11) is 0. The van der Waals surface area contributed by atoms with Gasteiger partial charge in [-0.05, 0) is 19.9 Å². The van der Waals surface area contributed by atoms with Crippen molar-refractivity contribution in [1.29, 1.82) is 0 Å². The highest BCUT2D eigenvalue weighted by Crippen LogP contribution is 2.28. The van der Waals surface area contributed by atoms with E-state index in [1.54, 1.807) is 20.1 Å². The maximum absolute atomic E-state index is 10.7. The molecule has 0 aliphatic rings. The summed E-state index contributed by atoms with van der Waals surface area (Å²) in [5.41, 5.74) is 0.877. The molecule has 1 aromatic heterocycles. The average Bonchev–Trinajstić information content (AvgIpc) is 2.62. The molecule has 0 radical (unpaired) electrons. The highest BCUT2D eigenvalue weighted by atomic mass is 16.4. The van der Waals surface area contributed by atoms with E-state index in [4.69, 9.17) is 9.52 Å². The molecule has 84 valence electrons. The quantitative estimate of drug-likeness (QED) is 0.816. The zero-order valence-electron chi connectivity index (χ0n) is 9.15. The van der Waals surface area contributed by atoms with Gasteiger partial charge in [0, 0.05) is 10.9 Å². The van der Waals surface area contributed by atoms with E-state index >= 15 is 0 Å². The minimum Gasteiger partial charge on any atom is -0.465 e. The number of fused-ring (bicyclic) bond motifs is 1. The lowest BCUT2D eigenvalue weighted by Crippen LogP contribution is -2.40. The Morgan fingerprint density at radius 2 is 2.12 bits per heavy atom. The number of carboxylic acid groups (broad SMARTS) is 1. The highest BCUT2D eigenvalue weighted by Gasteiger charge is 2.25. The van der Waals surface area contributed by atoms with Crippen molar-refractivity contribution in [1.82, 2.24) is 5.32 Å². The van der Waals surface area contributed by atoms with E-state index in [0.717, 1.165) is 16.5 Å². The fraction of sp³-hybridized carbons (Fsp3) is 0.250. The minimum atomic E-state index is -1.05. The first kappa shape index (κ1) is 10.5. The number of nitrogens with one attached hydrogen (secondary N) is 1. The number of furan rings is 1. The number of amides is 1. The van der Waals surface area contributed by atoms with Crippen molar-refractivity contribution in [2.45, 2.75) is 19.4 Å². The van der Waals surface area contributed by atoms with Gasteiger partial charge in [0.1, 0.15) is 5.58 Å². The van der Waals surface area contributed by atoms with Crippen LogP contribution in [0.1, 0.15) is 19.4 Å². The Hall–Kier alpha value is -1.97. The molecule has 4 nitrogen and oxygen atoms in total. The van der Waals surface area contributed by atoms with E-state index in [1.165, 1.54) is 0 Å². The zero-order valence-corrected chi connectivity index (χ0v) is 9.15. The number of hydrogen-bond donors (Lipinski definition) is 2. The lowest BCUT2D eigenvalue weighted by molar-refractivity contribution is 0.182. The third kappa shape index (κ3) is 1.74. The van der Waals surface area contributed by atoms with Crippen molar-refractivity contribution in [2.75, 3.05) is 0 Å². The lowest BCUT2D eigenvalue weighted by Gasteiger charge is -2.25. The van der Waals surface area contributed by atoms with Crippen LogP contribution >= 0.6 is 0 Å². The molecule has 0 aliphatic heterocycles. The number of hydrogen-bond acceptors (Lipinski definition) is 2. The minimum absolute atomic E-state index is 0.677. The molecule has 0 saturated carbocycles. The molecule has 0 saturated heterocycles. The summed E-state index contributed by atoms with van der Waals surface area (Å²) in [4.78, 5) is 10.7. The van der Waals surface area contributed by atoms with Gasteiger partial charge >= 0.3 is 6.09 Å². The zero-order chi connectivity index (χ0) is 11.8. The molecule has 0 fully saturated rings. The van der Waals surface area contributed by atoms with Crippen molar-refractivity contribution < 1.29 is 14.3 Å². The van der Waals surface area contributed by atoms with E-state index in [0.29, 0.717) is 0 Å². The second-order valence-corrected chi connectivity index (χ2v) is 4.20. The molecule has 1 amide bonds. The Morgan fingerprint density at radius 1 is 1.38 bits per heavy atom. The Balaban J connectivity index is 2.53. The topological polar surface area (TPSA) is 62.5 Å². The van der Waals surface area contributed by atoms with E-state index < -0.39 is 11.6 Å². The molecule has 0 spiro atoms. The molecule has 0 unspecified atom stereocenters. The van der Waals surface area contributed by atoms with Crippen LogP contribution in [0.4, 0.5) is 4.79 Å². The third-order valence-corrected chi connectivity index (χ3v) is 2.57. The Morgan fingerprint density at radius 3 is 2.81 bits per heavy atom. The van der Waals surface area contributed by atoms with Crippen LogP contribution in [0.3, 0.4) is 0 Å². The van der Waals surface area contributed by atoms with Crippen LogP contribution in [-0.4, -0.2) is 11.2 Å². The maximum atomic E-state index is 10.7. The van der Waals surface area contributed by atoms with E-state index in [9.17, 15) is 4.79 Å². The summed E-state index contributed by atoms with van der Waals surface area (Å²) in [6.45, 7) is 3.61. The molecule has 0 aliphatic carbocycles. The second kappa shape index (κ2) is 3.56. The van der Waals surface area contributed by atoms with Gasteiger partial charge < -0.3 is 14.8 Å². The predicted octanol–water partition coefficient (Wildman–Crippen LogP) is 2.94. The standard InChI is InChI=1S/C12H13NO3/c1-12(2,13-11(14)15)9-5-3-4-8-6-7-16-10(8)9/h3-7,13H,1-2H3,(H,14,15). The first-order chi connectivity index (χ1) is 7.50. The van der Waals surface area contributed by atoms with Gasteiger partial charge in [-0.3, -0.25) is 0 Å². The predicted molar refractivity (Wildman–Crippen MR) is 60.4 cm³/mol. The van der Waals surface area contributed by atoms with E-state index in [-0.39, 0.29) is 0 Å². The van der Waals surface area contributed by atoms with Gasteiger partial charge in [-0.1, -0.05) is 18.2 Å². The summed E-state index contributed by atoms with van der Waals surface area (Å²) in [5.74, 6) is 0. The highest BCUT2D eigenvalue weighted by molar-refractivity contribution is 5.81. The van der Waals surface area contributed by atoms with Crippen LogP contribution < -0.4 is 5.32 Å². The maximum Gasteiger partial charge on any atom is 0.405 e. The van der Waals surface area contributed by atoms with Crippen molar-refractivity contribution in [2.24, 2.45) is 0 Å². The smallest absolute Gasteiger partial charge is 0.405 e. The van der Waals surface area contributed by atoms with Gasteiger partial charge in [0.25, 0.3) is 0 Å². The molecule has 1 aromatic carbocycles. The molecule has 4 heteroatoms. The summed E-state index contributed by atoms with van der Waals surface area (Å²) in [6.07, 6.45) is 0.555. The van der Waals surface area contributed by atoms with Crippen LogP contribution in [0.2, 0.25) is 0 Å². The molecule has 16 heavy (non-hydrogen) atoms. The summed E-state index contributed by atoms with van der Waals surface area (Å²) in [6, 6.07) is 7.54. The molecule has 1 heterocycles. The van der Waals surface area contributed by atoms with Crippen LogP contribution in [0, 0.1) is 0 Å². The van der Waals surface area contributed by atoms with Gasteiger partial charge in [-0.15, -0.1) is 0 Å². The second-order valence-electron chi connectivity index (χ2n) is 4.20. The van der Waals surface area contributed by atoms with Crippen molar-refractivity contribution in [3.63, 3.8) is 0 Å². The molecule has 0 atom stereocenters. The van der Waals surface area contributed by atoms with Crippen molar-refractivity contribution in [3.05, 3.63) is 36.1 Å². The third-order valence-electron chi connectivity index (χ3n) is 2.57. The van der Waals surface area contributed by atoms with Gasteiger partial charge in [0.15, 0.2) is 0 Å². The monoisotopic (exact) mass is 219 g/mol. The number of rotatable bonds is 2. The molecular weight excluding hydrogens is 206 g/mol. The SMILES string of the molecule is CC(C)(NC(=O)O)c1cccc2ccoc12. The molecular formula is C12H13NO3. The number of para-hydroxylation sites is 1. The fourth-order valence-corrected chi connectivity index (χ4v) is 1.82. The summed E-state index contributed by atoms with van der Waals surface area (Å²) >= 11 is 0. The molecule has 2 N–H and O–H groups in total.